The predicted octanol–water partition coefficient (Wildman–Crippen LogP) is 0.356. The SMILES string of the molecule is CB=O.CC1CCC(=O)CC(N)C1=O. The van der Waals surface area contributed by atoms with E-state index < -0.39 is 6.04 Å². The standard InChI is InChI=1S/C8H13NO2.CH3BO/c1-5-2-3-6(10)4-7(9)8(5)11;1-2-3/h5,7H,2-4,9H2,1H3;1H3. The molecule has 1 rings (SSSR count). The molecule has 0 radical (unpaired) electrons. The molecule has 1 saturated carbocycles. The van der Waals surface area contributed by atoms with Gasteiger partial charge in [0.25, 0.3) is 0 Å². The van der Waals surface area contributed by atoms with Gasteiger partial charge in [0.1, 0.15) is 5.78 Å². The van der Waals surface area contributed by atoms with Crippen LogP contribution in [-0.2, 0) is 14.3 Å². The van der Waals surface area contributed by atoms with E-state index in [1.165, 1.54) is 6.82 Å². The van der Waals surface area contributed by atoms with Crippen LogP contribution in [0.1, 0.15) is 26.2 Å². The van der Waals surface area contributed by atoms with Crippen molar-refractivity contribution in [3.63, 3.8) is 0 Å². The van der Waals surface area contributed by atoms with Crippen LogP contribution in [0.4, 0.5) is 0 Å². The predicted molar refractivity (Wildman–Crippen MR) is 53.3 cm³/mol. The summed E-state index contributed by atoms with van der Waals surface area (Å²) in [6, 6.07) is -0.542. The Morgan fingerprint density at radius 2 is 1.93 bits per heavy atom. The number of rotatable bonds is 0. The van der Waals surface area contributed by atoms with Crippen molar-refractivity contribution >= 4 is 18.7 Å². The first kappa shape index (κ1) is 13.2. The van der Waals surface area contributed by atoms with E-state index in [0.717, 1.165) is 7.15 Å². The van der Waals surface area contributed by atoms with E-state index in [4.69, 9.17) is 10.4 Å². The zero-order valence-corrected chi connectivity index (χ0v) is 8.66. The molecule has 0 amide bonds. The number of carbonyl (C=O) groups is 2. The van der Waals surface area contributed by atoms with Crippen LogP contribution in [0.2, 0.25) is 6.82 Å². The topological polar surface area (TPSA) is 77.2 Å². The molecule has 2 atom stereocenters. The van der Waals surface area contributed by atoms with E-state index in [1.54, 1.807) is 0 Å². The van der Waals surface area contributed by atoms with Gasteiger partial charge in [-0.3, -0.25) is 9.59 Å². The second kappa shape index (κ2) is 6.59. The van der Waals surface area contributed by atoms with Crippen LogP contribution in [-0.4, -0.2) is 24.8 Å². The molecule has 0 aromatic rings. The summed E-state index contributed by atoms with van der Waals surface area (Å²) in [4.78, 5) is 22.2. The van der Waals surface area contributed by atoms with Gasteiger partial charge in [0.2, 0.25) is 0 Å². The average Bonchev–Trinajstić information content (AvgIpc) is 2.22. The Hall–Kier alpha value is -0.835. The smallest absolute Gasteiger partial charge is 0.152 e. The molecule has 0 saturated heterocycles. The summed E-state index contributed by atoms with van der Waals surface area (Å²) in [5.74, 6) is 0.127. The van der Waals surface area contributed by atoms with E-state index in [9.17, 15) is 9.59 Å². The number of hydrogen-bond acceptors (Lipinski definition) is 4. The zero-order chi connectivity index (χ0) is 11.1. The summed E-state index contributed by atoms with van der Waals surface area (Å²) >= 11 is 0. The molecule has 2 N–H and O–H groups in total. The Bertz CT molecular complexity index is 230. The van der Waals surface area contributed by atoms with Crippen molar-refractivity contribution < 1.29 is 14.3 Å². The van der Waals surface area contributed by atoms with E-state index in [-0.39, 0.29) is 23.9 Å². The summed E-state index contributed by atoms with van der Waals surface area (Å²) in [7, 11) is 0.750. The molecule has 0 aliphatic heterocycles. The molecule has 1 aliphatic rings. The summed E-state index contributed by atoms with van der Waals surface area (Å²) in [5.41, 5.74) is 5.49. The molecule has 0 aromatic carbocycles. The van der Waals surface area contributed by atoms with Crippen LogP contribution in [0.25, 0.3) is 0 Å². The van der Waals surface area contributed by atoms with Gasteiger partial charge in [-0.25, -0.2) is 0 Å². The van der Waals surface area contributed by atoms with Gasteiger partial charge in [-0.15, -0.1) is 0 Å². The molecule has 0 heterocycles. The van der Waals surface area contributed by atoms with E-state index in [1.807, 2.05) is 6.92 Å². The third-order valence-corrected chi connectivity index (χ3v) is 2.15. The first-order valence-electron chi connectivity index (χ1n) is 4.73. The fraction of sp³-hybridized carbons (Fsp3) is 0.778. The monoisotopic (exact) mass is 197 g/mol. The van der Waals surface area contributed by atoms with Crippen molar-refractivity contribution in [3.8, 4) is 0 Å². The molecule has 0 bridgehead atoms. The van der Waals surface area contributed by atoms with Crippen LogP contribution >= 0.6 is 0 Å². The normalized spacial score (nSPS) is 27.1. The quantitative estimate of drug-likeness (QED) is 0.449. The largest absolute Gasteiger partial charge is 0.321 e. The van der Waals surface area contributed by atoms with Gasteiger partial charge in [-0.1, -0.05) is 6.92 Å². The van der Waals surface area contributed by atoms with Crippen molar-refractivity contribution in [3.05, 3.63) is 0 Å². The number of ketones is 2. The number of nitrogens with two attached hydrogens (primary N) is 1. The maximum atomic E-state index is 11.2. The second-order valence-corrected chi connectivity index (χ2v) is 3.43. The van der Waals surface area contributed by atoms with Crippen LogP contribution in [0.5, 0.6) is 0 Å². The minimum Gasteiger partial charge on any atom is -0.321 e. The first-order chi connectivity index (χ1) is 6.52. The average molecular weight is 197 g/mol. The van der Waals surface area contributed by atoms with Gasteiger partial charge in [-0.05, 0) is 6.42 Å². The van der Waals surface area contributed by atoms with Crippen LogP contribution in [0.3, 0.4) is 0 Å². The summed E-state index contributed by atoms with van der Waals surface area (Å²) in [6.45, 7) is 3.28. The van der Waals surface area contributed by atoms with E-state index in [2.05, 4.69) is 0 Å². The fourth-order valence-electron chi connectivity index (χ4n) is 1.33. The maximum Gasteiger partial charge on any atom is 0.152 e. The third kappa shape index (κ3) is 4.41. The first-order valence-corrected chi connectivity index (χ1v) is 4.73. The minimum atomic E-state index is -0.542. The van der Waals surface area contributed by atoms with Crippen molar-refractivity contribution in [2.75, 3.05) is 0 Å². The van der Waals surface area contributed by atoms with Gasteiger partial charge >= 0.3 is 18.7 Å². The van der Waals surface area contributed by atoms with Crippen LogP contribution in [0.15, 0.2) is 0 Å². The Balaban J connectivity index is 0.000000500. The maximum absolute atomic E-state index is 11.2. The van der Waals surface area contributed by atoms with Crippen molar-refractivity contribution in [2.24, 2.45) is 11.7 Å². The van der Waals surface area contributed by atoms with Gasteiger partial charge in [0.05, 0.1) is 6.04 Å². The van der Waals surface area contributed by atoms with Gasteiger partial charge in [0, 0.05) is 18.8 Å². The molecule has 1 fully saturated rings. The molecular weight excluding hydrogens is 181 g/mol. The summed E-state index contributed by atoms with van der Waals surface area (Å²) < 4.78 is 8.81. The Labute approximate surface area is 84.5 Å². The summed E-state index contributed by atoms with van der Waals surface area (Å²) in [5, 5.41) is 0. The molecule has 5 heteroatoms. The van der Waals surface area contributed by atoms with E-state index in [0.29, 0.717) is 12.8 Å². The molecule has 0 spiro atoms. The number of hydrogen-bond donors (Lipinski definition) is 1. The summed E-state index contributed by atoms with van der Waals surface area (Å²) in [6.07, 6.45) is 1.43. The zero-order valence-electron chi connectivity index (χ0n) is 8.66. The van der Waals surface area contributed by atoms with Gasteiger partial charge < -0.3 is 5.73 Å². The van der Waals surface area contributed by atoms with Gasteiger partial charge in [0.15, 0.2) is 5.78 Å². The third-order valence-electron chi connectivity index (χ3n) is 2.15. The molecule has 0 aromatic heterocycles. The van der Waals surface area contributed by atoms with Crippen LogP contribution in [0, 0.1) is 5.92 Å². The van der Waals surface area contributed by atoms with Crippen LogP contribution < -0.4 is 5.73 Å². The molecule has 4 nitrogen and oxygen atoms in total. The Morgan fingerprint density at radius 3 is 2.43 bits per heavy atom. The molecule has 14 heavy (non-hydrogen) atoms. The fourth-order valence-corrected chi connectivity index (χ4v) is 1.33. The Kier molecular flexibility index (Phi) is 6.20. The number of Topliss-reactive ketones (excluding diaryl/α,β-unsaturated/α-hetero) is 2. The minimum absolute atomic E-state index is 0.0311. The second-order valence-electron chi connectivity index (χ2n) is 3.43. The van der Waals surface area contributed by atoms with Crippen molar-refractivity contribution in [1.82, 2.24) is 0 Å². The molecule has 1 aliphatic carbocycles. The van der Waals surface area contributed by atoms with Crippen molar-refractivity contribution in [1.29, 1.82) is 0 Å². The van der Waals surface area contributed by atoms with Gasteiger partial charge in [-0.2, -0.15) is 0 Å². The molecule has 78 valence electrons. The molecular formula is C9H16BNO3. The van der Waals surface area contributed by atoms with E-state index >= 15 is 0 Å². The van der Waals surface area contributed by atoms with Crippen molar-refractivity contribution in [2.45, 2.75) is 39.1 Å². The number of carbonyl (C=O) groups excluding carboxylic acids is 2. The molecule has 2 unspecified atom stereocenters. The Morgan fingerprint density at radius 1 is 1.43 bits per heavy atom.